The molecule has 0 aliphatic carbocycles. The van der Waals surface area contributed by atoms with Gasteiger partial charge in [-0.25, -0.2) is 4.72 Å². The van der Waals surface area contributed by atoms with E-state index in [4.69, 9.17) is 4.74 Å². The Morgan fingerprint density at radius 1 is 1.35 bits per heavy atom. The van der Waals surface area contributed by atoms with Gasteiger partial charge in [-0.2, -0.15) is 12.7 Å². The smallest absolute Gasteiger partial charge is 0.279 e. The standard InChI is InChI=1S/C12H25N3O3S.ClH/c1-12(2)4-3-5-13-11(12)10-14-19(16,17)15-6-8-18-9-7-15;/h11,13-14H,3-10H2,1-2H3;1H. The first-order chi connectivity index (χ1) is 8.92. The predicted molar refractivity (Wildman–Crippen MR) is 81.4 cm³/mol. The third-order valence-electron chi connectivity index (χ3n) is 4.11. The third kappa shape index (κ3) is 4.54. The Kier molecular flexibility index (Phi) is 6.69. The lowest BCUT2D eigenvalue weighted by molar-refractivity contribution is 0.0722. The molecule has 0 amide bonds. The molecule has 2 aliphatic heterocycles. The van der Waals surface area contributed by atoms with Gasteiger partial charge in [-0.1, -0.05) is 13.8 Å². The Morgan fingerprint density at radius 2 is 2.00 bits per heavy atom. The molecule has 2 aliphatic rings. The van der Waals surface area contributed by atoms with Crippen molar-refractivity contribution < 1.29 is 13.2 Å². The van der Waals surface area contributed by atoms with E-state index in [1.54, 1.807) is 0 Å². The van der Waals surface area contributed by atoms with Crippen LogP contribution in [0.1, 0.15) is 26.7 Å². The molecule has 2 saturated heterocycles. The summed E-state index contributed by atoms with van der Waals surface area (Å²) in [6, 6.07) is 0.192. The van der Waals surface area contributed by atoms with Gasteiger partial charge in [0, 0.05) is 25.7 Å². The topological polar surface area (TPSA) is 70.7 Å². The molecule has 6 nitrogen and oxygen atoms in total. The Morgan fingerprint density at radius 3 is 2.60 bits per heavy atom. The van der Waals surface area contributed by atoms with Crippen LogP contribution in [0.3, 0.4) is 0 Å². The first-order valence-corrected chi connectivity index (χ1v) is 8.42. The van der Waals surface area contributed by atoms with Gasteiger partial charge in [-0.05, 0) is 24.8 Å². The fraction of sp³-hybridized carbons (Fsp3) is 1.00. The lowest BCUT2D eigenvalue weighted by Crippen LogP contribution is -2.55. The highest BCUT2D eigenvalue weighted by Crippen LogP contribution is 2.29. The van der Waals surface area contributed by atoms with Crippen molar-refractivity contribution in [2.24, 2.45) is 5.41 Å². The zero-order valence-electron chi connectivity index (χ0n) is 12.2. The molecular weight excluding hydrogens is 302 g/mol. The maximum atomic E-state index is 12.2. The van der Waals surface area contributed by atoms with Crippen LogP contribution in [-0.2, 0) is 14.9 Å². The Labute approximate surface area is 128 Å². The van der Waals surface area contributed by atoms with Gasteiger partial charge in [0.05, 0.1) is 13.2 Å². The van der Waals surface area contributed by atoms with Crippen LogP contribution in [0.25, 0.3) is 0 Å². The van der Waals surface area contributed by atoms with Gasteiger partial charge in [-0.3, -0.25) is 0 Å². The summed E-state index contributed by atoms with van der Waals surface area (Å²) in [4.78, 5) is 0. The second-order valence-electron chi connectivity index (χ2n) is 5.96. The van der Waals surface area contributed by atoms with Crippen LogP contribution in [0.15, 0.2) is 0 Å². The molecule has 2 fully saturated rings. The van der Waals surface area contributed by atoms with E-state index in [0.717, 1.165) is 19.4 Å². The van der Waals surface area contributed by atoms with E-state index in [2.05, 4.69) is 23.9 Å². The molecule has 0 spiro atoms. The molecule has 2 heterocycles. The summed E-state index contributed by atoms with van der Waals surface area (Å²) in [6.45, 7) is 7.63. The molecule has 0 aromatic rings. The zero-order chi connectivity index (χ0) is 13.9. The van der Waals surface area contributed by atoms with E-state index in [-0.39, 0.29) is 23.9 Å². The van der Waals surface area contributed by atoms with Gasteiger partial charge < -0.3 is 10.1 Å². The molecule has 1 atom stereocenters. The van der Waals surface area contributed by atoms with Crippen LogP contribution >= 0.6 is 12.4 Å². The van der Waals surface area contributed by atoms with E-state index in [9.17, 15) is 8.42 Å². The van der Waals surface area contributed by atoms with Crippen LogP contribution in [0, 0.1) is 5.41 Å². The second-order valence-corrected chi connectivity index (χ2v) is 7.72. The van der Waals surface area contributed by atoms with Crippen molar-refractivity contribution in [2.75, 3.05) is 39.4 Å². The van der Waals surface area contributed by atoms with Gasteiger partial charge in [0.25, 0.3) is 10.2 Å². The highest BCUT2D eigenvalue weighted by atomic mass is 35.5. The fourth-order valence-electron chi connectivity index (χ4n) is 2.69. The molecule has 0 saturated carbocycles. The molecule has 120 valence electrons. The summed E-state index contributed by atoms with van der Waals surface area (Å²) in [7, 11) is -3.37. The number of hydrogen-bond donors (Lipinski definition) is 2. The molecule has 0 bridgehead atoms. The van der Waals surface area contributed by atoms with Crippen LogP contribution in [0.2, 0.25) is 0 Å². The van der Waals surface area contributed by atoms with Crippen molar-refractivity contribution in [3.05, 3.63) is 0 Å². The van der Waals surface area contributed by atoms with Crippen molar-refractivity contribution >= 4 is 22.6 Å². The fourth-order valence-corrected chi connectivity index (χ4v) is 3.88. The van der Waals surface area contributed by atoms with E-state index >= 15 is 0 Å². The molecule has 0 aromatic heterocycles. The van der Waals surface area contributed by atoms with E-state index in [0.29, 0.717) is 32.8 Å². The average Bonchev–Trinajstić information content (AvgIpc) is 2.38. The molecule has 0 aromatic carbocycles. The van der Waals surface area contributed by atoms with Crippen molar-refractivity contribution in [3.8, 4) is 0 Å². The largest absolute Gasteiger partial charge is 0.379 e. The lowest BCUT2D eigenvalue weighted by Gasteiger charge is -2.39. The number of morpholine rings is 1. The quantitative estimate of drug-likeness (QED) is 0.782. The van der Waals surface area contributed by atoms with Crippen LogP contribution < -0.4 is 10.0 Å². The molecule has 20 heavy (non-hydrogen) atoms. The normalized spacial score (nSPS) is 27.8. The van der Waals surface area contributed by atoms with E-state index in [1.165, 1.54) is 4.31 Å². The maximum absolute atomic E-state index is 12.2. The first kappa shape index (κ1) is 18.1. The van der Waals surface area contributed by atoms with Gasteiger partial charge in [-0.15, -0.1) is 12.4 Å². The minimum atomic E-state index is -3.37. The van der Waals surface area contributed by atoms with Crippen LogP contribution in [-0.4, -0.2) is 58.2 Å². The molecule has 2 N–H and O–H groups in total. The summed E-state index contributed by atoms with van der Waals surface area (Å²) in [5, 5.41) is 3.41. The third-order valence-corrected chi connectivity index (χ3v) is 5.69. The summed E-state index contributed by atoms with van der Waals surface area (Å²) < 4.78 is 33.7. The summed E-state index contributed by atoms with van der Waals surface area (Å²) in [5.74, 6) is 0. The first-order valence-electron chi connectivity index (χ1n) is 6.98. The van der Waals surface area contributed by atoms with Gasteiger partial charge in [0.1, 0.15) is 0 Å². The number of nitrogens with one attached hydrogen (secondary N) is 2. The highest BCUT2D eigenvalue weighted by molar-refractivity contribution is 7.87. The van der Waals surface area contributed by atoms with Gasteiger partial charge >= 0.3 is 0 Å². The Hall–Kier alpha value is 0.0800. The average molecular weight is 328 g/mol. The molecule has 8 heteroatoms. The SMILES string of the molecule is CC1(C)CCCNC1CNS(=O)(=O)N1CCOCC1.Cl. The molecule has 2 rings (SSSR count). The number of halogens is 1. The Bertz CT molecular complexity index is 397. The van der Waals surface area contributed by atoms with Crippen LogP contribution in [0.4, 0.5) is 0 Å². The van der Waals surface area contributed by atoms with Gasteiger partial charge in [0.15, 0.2) is 0 Å². The van der Waals surface area contributed by atoms with E-state index in [1.807, 2.05) is 0 Å². The van der Waals surface area contributed by atoms with Gasteiger partial charge in [0.2, 0.25) is 0 Å². The number of ether oxygens (including phenoxy) is 1. The molecule has 1 unspecified atom stereocenters. The monoisotopic (exact) mass is 327 g/mol. The predicted octanol–water partition coefficient (Wildman–Crippen LogP) is 0.353. The van der Waals surface area contributed by atoms with Crippen molar-refractivity contribution in [1.29, 1.82) is 0 Å². The summed E-state index contributed by atoms with van der Waals surface area (Å²) in [6.07, 6.45) is 2.28. The second kappa shape index (κ2) is 7.38. The van der Waals surface area contributed by atoms with Crippen molar-refractivity contribution in [1.82, 2.24) is 14.3 Å². The summed E-state index contributed by atoms with van der Waals surface area (Å²) in [5.41, 5.74) is 0.131. The number of hydrogen-bond acceptors (Lipinski definition) is 4. The minimum Gasteiger partial charge on any atom is -0.379 e. The van der Waals surface area contributed by atoms with E-state index < -0.39 is 10.2 Å². The lowest BCUT2D eigenvalue weighted by atomic mass is 9.78. The zero-order valence-corrected chi connectivity index (χ0v) is 13.9. The Balaban J connectivity index is 0.00000200. The number of rotatable bonds is 4. The number of piperidine rings is 1. The highest BCUT2D eigenvalue weighted by Gasteiger charge is 2.33. The van der Waals surface area contributed by atoms with Crippen molar-refractivity contribution in [3.63, 3.8) is 0 Å². The molecular formula is C12H26ClN3O3S. The van der Waals surface area contributed by atoms with Crippen LogP contribution in [0.5, 0.6) is 0 Å². The molecule has 0 radical (unpaired) electrons. The minimum absolute atomic E-state index is 0. The number of nitrogens with zero attached hydrogens (tertiary/aromatic N) is 1. The van der Waals surface area contributed by atoms with Crippen molar-refractivity contribution in [2.45, 2.75) is 32.7 Å². The summed E-state index contributed by atoms with van der Waals surface area (Å²) >= 11 is 0. The maximum Gasteiger partial charge on any atom is 0.279 e.